The van der Waals surface area contributed by atoms with E-state index in [0.717, 1.165) is 51.4 Å². The van der Waals surface area contributed by atoms with Crippen LogP contribution in [0.1, 0.15) is 117 Å². The van der Waals surface area contributed by atoms with E-state index in [1.807, 2.05) is 0 Å². The number of carbonyl (C=O) groups is 3. The first-order valence-electron chi connectivity index (χ1n) is 11.9. The van der Waals surface area contributed by atoms with Gasteiger partial charge in [0.1, 0.15) is 14.1 Å². The molecule has 7 heteroatoms. The van der Waals surface area contributed by atoms with E-state index in [-0.39, 0.29) is 11.0 Å². The molecule has 0 saturated carbocycles. The summed E-state index contributed by atoms with van der Waals surface area (Å²) in [5, 5.41) is 21.1. The zero-order valence-electron chi connectivity index (χ0n) is 19.2. The zero-order valence-corrected chi connectivity index (χ0v) is 20.1. The lowest BCUT2D eigenvalue weighted by molar-refractivity contribution is -0.139. The van der Waals surface area contributed by atoms with Crippen LogP contribution in [-0.2, 0) is 14.4 Å². The normalized spacial score (nSPS) is 12.3. The Balaban J connectivity index is 4.49. The fourth-order valence-corrected chi connectivity index (χ4v) is 5.14. The smallest absolute Gasteiger partial charge is 0.323 e. The third-order valence-corrected chi connectivity index (χ3v) is 7.27. The summed E-state index contributed by atoms with van der Waals surface area (Å²) in [6, 6.07) is -1.27. The molecule has 0 rings (SSSR count). The Morgan fingerprint density at radius 2 is 1.07 bits per heavy atom. The summed E-state index contributed by atoms with van der Waals surface area (Å²) >= 11 is 0. The highest BCUT2D eigenvalue weighted by Gasteiger charge is 2.30. The van der Waals surface area contributed by atoms with E-state index in [1.165, 1.54) is 38.5 Å². The van der Waals surface area contributed by atoms with Crippen molar-refractivity contribution in [3.63, 3.8) is 0 Å². The van der Waals surface area contributed by atoms with Crippen molar-refractivity contribution in [2.75, 3.05) is 6.61 Å². The third kappa shape index (κ3) is 15.0. The van der Waals surface area contributed by atoms with Gasteiger partial charge in [-0.1, -0.05) is 90.9 Å². The van der Waals surface area contributed by atoms with E-state index in [4.69, 9.17) is 0 Å². The Morgan fingerprint density at radius 1 is 0.700 bits per heavy atom. The van der Waals surface area contributed by atoms with Gasteiger partial charge in [-0.3, -0.25) is 19.5 Å². The lowest BCUT2D eigenvalue weighted by atomic mass is 10.1. The van der Waals surface area contributed by atoms with Crippen molar-refractivity contribution in [2.45, 2.75) is 123 Å². The summed E-state index contributed by atoms with van der Waals surface area (Å²) in [7, 11) is -1.89. The van der Waals surface area contributed by atoms with Gasteiger partial charge in [-0.05, 0) is 12.8 Å². The maximum absolute atomic E-state index is 12.7. The largest absolute Gasteiger partial charge is 0.480 e. The second kappa shape index (κ2) is 20.1. The molecule has 0 radical (unpaired) electrons. The van der Waals surface area contributed by atoms with Gasteiger partial charge in [-0.2, -0.15) is 0 Å². The standard InChI is InChI=1S/C23H44NO5P/c1-3-5-7-9-11-13-15-17-21(26)30(24-20(19-25)23(28)29)22(27)18-16-14-12-10-8-6-4-2/h20,24-25H,3-19H2,1-2H3,(H,28,29)/t20-/m0/s1. The molecule has 0 spiro atoms. The van der Waals surface area contributed by atoms with Crippen LogP contribution < -0.4 is 5.09 Å². The zero-order chi connectivity index (χ0) is 22.6. The second-order valence-corrected chi connectivity index (χ2v) is 9.99. The van der Waals surface area contributed by atoms with Gasteiger partial charge in [0.25, 0.3) is 0 Å². The number of hydrogen-bond donors (Lipinski definition) is 3. The topological polar surface area (TPSA) is 104 Å². The molecule has 0 unspecified atom stereocenters. The molecule has 0 aromatic carbocycles. The average Bonchev–Trinajstić information content (AvgIpc) is 2.72. The number of unbranched alkanes of at least 4 members (excludes halogenated alkanes) is 12. The van der Waals surface area contributed by atoms with Crippen molar-refractivity contribution >= 4 is 25.1 Å². The second-order valence-electron chi connectivity index (χ2n) is 8.07. The highest BCUT2D eigenvalue weighted by molar-refractivity contribution is 7.87. The summed E-state index contributed by atoms with van der Waals surface area (Å²) < 4.78 is 0. The van der Waals surface area contributed by atoms with E-state index in [2.05, 4.69) is 18.9 Å². The predicted octanol–water partition coefficient (Wildman–Crippen LogP) is 5.75. The summed E-state index contributed by atoms with van der Waals surface area (Å²) in [5.74, 6) is -1.24. The molecule has 0 aromatic rings. The van der Waals surface area contributed by atoms with Gasteiger partial charge in [0.2, 0.25) is 0 Å². The van der Waals surface area contributed by atoms with Gasteiger partial charge in [0, 0.05) is 12.8 Å². The Hall–Kier alpha value is -0.840. The van der Waals surface area contributed by atoms with Crippen LogP contribution in [0.3, 0.4) is 0 Å². The molecule has 1 atom stereocenters. The van der Waals surface area contributed by atoms with Crippen molar-refractivity contribution in [2.24, 2.45) is 0 Å². The van der Waals surface area contributed by atoms with Crippen LogP contribution in [-0.4, -0.2) is 39.9 Å². The number of rotatable bonds is 22. The van der Waals surface area contributed by atoms with Crippen LogP contribution in [0.2, 0.25) is 0 Å². The van der Waals surface area contributed by atoms with Crippen LogP contribution in [0.25, 0.3) is 0 Å². The molecule has 0 saturated heterocycles. The number of carboxylic acid groups (broad SMARTS) is 1. The van der Waals surface area contributed by atoms with Crippen LogP contribution in [0.5, 0.6) is 0 Å². The maximum atomic E-state index is 12.7. The van der Waals surface area contributed by atoms with Crippen molar-refractivity contribution in [3.8, 4) is 0 Å². The first-order chi connectivity index (χ1) is 14.5. The van der Waals surface area contributed by atoms with Crippen LogP contribution in [0.15, 0.2) is 0 Å². The molecule has 0 aliphatic carbocycles. The first kappa shape index (κ1) is 29.2. The third-order valence-electron chi connectivity index (χ3n) is 5.25. The fourth-order valence-electron chi connectivity index (χ4n) is 3.30. The number of carboxylic acids is 1. The van der Waals surface area contributed by atoms with Gasteiger partial charge in [-0.15, -0.1) is 0 Å². The number of aliphatic hydroxyl groups excluding tert-OH is 1. The Labute approximate surface area is 184 Å². The van der Waals surface area contributed by atoms with Gasteiger partial charge in [0.05, 0.1) is 6.61 Å². The fraction of sp³-hybridized carbons (Fsp3) is 0.870. The molecule has 0 bridgehead atoms. The minimum Gasteiger partial charge on any atom is -0.480 e. The molecule has 6 nitrogen and oxygen atoms in total. The van der Waals surface area contributed by atoms with Crippen molar-refractivity contribution < 1.29 is 24.6 Å². The predicted molar refractivity (Wildman–Crippen MR) is 124 cm³/mol. The molecular weight excluding hydrogens is 401 g/mol. The highest BCUT2D eigenvalue weighted by atomic mass is 31.1. The maximum Gasteiger partial charge on any atom is 0.323 e. The summed E-state index contributed by atoms with van der Waals surface area (Å²) in [4.78, 5) is 36.6. The van der Waals surface area contributed by atoms with Gasteiger partial charge in [0.15, 0.2) is 11.0 Å². The Bertz CT molecular complexity index is 443. The number of aliphatic carboxylic acids is 1. The van der Waals surface area contributed by atoms with Gasteiger partial charge in [-0.25, -0.2) is 0 Å². The van der Waals surface area contributed by atoms with Gasteiger partial charge < -0.3 is 10.2 Å². The summed E-state index contributed by atoms with van der Waals surface area (Å²) in [5.41, 5.74) is -0.377. The SMILES string of the molecule is CCCCCCCCCC(=O)P(N[C@@H](CO)C(=O)O)C(=O)CCCCCCCCC. The summed E-state index contributed by atoms with van der Waals surface area (Å²) in [6.07, 6.45) is 15.8. The minimum absolute atomic E-state index is 0.189. The number of carbonyl (C=O) groups excluding carboxylic acids is 2. The number of nitrogens with one attached hydrogen (secondary N) is 1. The monoisotopic (exact) mass is 445 g/mol. The molecule has 0 amide bonds. The van der Waals surface area contributed by atoms with E-state index < -0.39 is 26.7 Å². The lowest BCUT2D eigenvalue weighted by Crippen LogP contribution is -2.39. The van der Waals surface area contributed by atoms with Crippen molar-refractivity contribution in [1.29, 1.82) is 0 Å². The van der Waals surface area contributed by atoms with Crippen LogP contribution in [0.4, 0.5) is 0 Å². The van der Waals surface area contributed by atoms with Gasteiger partial charge >= 0.3 is 5.97 Å². The molecule has 0 fully saturated rings. The number of aliphatic hydroxyl groups is 1. The molecule has 3 N–H and O–H groups in total. The average molecular weight is 446 g/mol. The van der Waals surface area contributed by atoms with E-state index >= 15 is 0 Å². The lowest BCUT2D eigenvalue weighted by Gasteiger charge is -2.20. The summed E-state index contributed by atoms with van der Waals surface area (Å²) in [6.45, 7) is 3.71. The quantitative estimate of drug-likeness (QED) is 0.145. The molecule has 0 heterocycles. The first-order valence-corrected chi connectivity index (χ1v) is 13.3. The Kier molecular flexibility index (Phi) is 19.5. The van der Waals surface area contributed by atoms with Crippen molar-refractivity contribution in [3.05, 3.63) is 0 Å². The molecular formula is C23H44NO5P. The van der Waals surface area contributed by atoms with E-state index in [1.54, 1.807) is 0 Å². The molecule has 30 heavy (non-hydrogen) atoms. The van der Waals surface area contributed by atoms with E-state index in [0.29, 0.717) is 12.8 Å². The van der Waals surface area contributed by atoms with Crippen LogP contribution >= 0.6 is 8.07 Å². The molecule has 176 valence electrons. The molecule has 0 aliphatic rings. The minimum atomic E-state index is -1.89. The molecule has 0 aromatic heterocycles. The van der Waals surface area contributed by atoms with Crippen LogP contribution in [0, 0.1) is 0 Å². The Morgan fingerprint density at radius 3 is 1.40 bits per heavy atom. The molecule has 0 aliphatic heterocycles. The van der Waals surface area contributed by atoms with Crippen molar-refractivity contribution in [1.82, 2.24) is 5.09 Å². The van der Waals surface area contributed by atoms with E-state index in [9.17, 15) is 24.6 Å². The highest BCUT2D eigenvalue weighted by Crippen LogP contribution is 2.38. The number of hydrogen-bond acceptors (Lipinski definition) is 5.